The number of thiophene rings is 1. The van der Waals surface area contributed by atoms with Gasteiger partial charge in [-0.15, -0.1) is 11.3 Å². The third-order valence-corrected chi connectivity index (χ3v) is 4.91. The number of nitrogens with one attached hydrogen (secondary N) is 1. The van der Waals surface area contributed by atoms with E-state index in [1.54, 1.807) is 11.3 Å². The number of aromatic nitrogens is 2. The largest absolute Gasteiger partial charge is 0.369 e. The summed E-state index contributed by atoms with van der Waals surface area (Å²) in [6.07, 6.45) is 4.72. The van der Waals surface area contributed by atoms with Crippen molar-refractivity contribution in [3.05, 3.63) is 15.7 Å². The van der Waals surface area contributed by atoms with Gasteiger partial charge in [-0.1, -0.05) is 13.8 Å². The normalized spacial score (nSPS) is 14.3. The molecule has 1 N–H and O–H groups in total. The summed E-state index contributed by atoms with van der Waals surface area (Å²) < 4.78 is 0. The van der Waals surface area contributed by atoms with Crippen LogP contribution in [0.3, 0.4) is 0 Å². The molecule has 0 bridgehead atoms. The van der Waals surface area contributed by atoms with Gasteiger partial charge < -0.3 is 5.32 Å². The molecule has 0 saturated heterocycles. The molecule has 0 amide bonds. The second-order valence-electron chi connectivity index (χ2n) is 5.49. The van der Waals surface area contributed by atoms with Crippen molar-refractivity contribution >= 4 is 39.0 Å². The van der Waals surface area contributed by atoms with Gasteiger partial charge in [0.05, 0.1) is 5.39 Å². The molecule has 3 rings (SSSR count). The van der Waals surface area contributed by atoms with Crippen LogP contribution in [-0.4, -0.2) is 16.5 Å². The number of anilines is 1. The van der Waals surface area contributed by atoms with E-state index in [9.17, 15) is 0 Å². The van der Waals surface area contributed by atoms with Gasteiger partial charge in [-0.05, 0) is 48.8 Å². The van der Waals surface area contributed by atoms with Crippen molar-refractivity contribution in [2.24, 2.45) is 5.92 Å². The zero-order valence-electron chi connectivity index (χ0n) is 11.3. The van der Waals surface area contributed by atoms with Crippen molar-refractivity contribution < 1.29 is 0 Å². The molecule has 0 aliphatic heterocycles. The summed E-state index contributed by atoms with van der Waals surface area (Å²) in [6, 6.07) is 0. The van der Waals surface area contributed by atoms with Gasteiger partial charge in [-0.25, -0.2) is 9.97 Å². The molecule has 0 spiro atoms. The van der Waals surface area contributed by atoms with Crippen molar-refractivity contribution in [2.45, 2.75) is 39.5 Å². The molecule has 0 atom stereocenters. The lowest BCUT2D eigenvalue weighted by Gasteiger charge is -2.09. The van der Waals surface area contributed by atoms with E-state index in [0.717, 1.165) is 30.0 Å². The Kier molecular flexibility index (Phi) is 3.63. The van der Waals surface area contributed by atoms with E-state index >= 15 is 0 Å². The molecule has 2 heterocycles. The molecular formula is C14H18ClN3S. The van der Waals surface area contributed by atoms with Crippen molar-refractivity contribution in [3.8, 4) is 0 Å². The number of hydrogen-bond acceptors (Lipinski definition) is 4. The predicted octanol–water partition coefficient (Wildman–Crippen LogP) is 4.29. The highest BCUT2D eigenvalue weighted by Gasteiger charge is 2.21. The lowest BCUT2D eigenvalue weighted by Crippen LogP contribution is -2.07. The lowest BCUT2D eigenvalue weighted by molar-refractivity contribution is 0.607. The molecule has 0 saturated carbocycles. The van der Waals surface area contributed by atoms with Crippen LogP contribution in [0.25, 0.3) is 10.2 Å². The molecule has 2 aromatic heterocycles. The number of fused-ring (bicyclic) bond motifs is 3. The highest BCUT2D eigenvalue weighted by atomic mass is 35.5. The summed E-state index contributed by atoms with van der Waals surface area (Å²) in [4.78, 5) is 11.3. The fraction of sp³-hybridized carbons (Fsp3) is 0.571. The Morgan fingerprint density at radius 1 is 1.32 bits per heavy atom. The Bertz CT molecular complexity index is 606. The van der Waals surface area contributed by atoms with E-state index in [1.807, 2.05) is 0 Å². The van der Waals surface area contributed by atoms with Gasteiger partial charge in [0.15, 0.2) is 0 Å². The van der Waals surface area contributed by atoms with Crippen molar-refractivity contribution in [2.75, 3.05) is 11.9 Å². The number of nitrogens with zero attached hydrogens (tertiary/aromatic N) is 2. The smallest absolute Gasteiger partial charge is 0.225 e. The molecule has 1 aliphatic rings. The minimum Gasteiger partial charge on any atom is -0.369 e. The summed E-state index contributed by atoms with van der Waals surface area (Å²) in [6.45, 7) is 5.39. The van der Waals surface area contributed by atoms with E-state index in [1.165, 1.54) is 28.7 Å². The maximum Gasteiger partial charge on any atom is 0.225 e. The highest BCUT2D eigenvalue weighted by Crippen LogP contribution is 2.39. The zero-order valence-corrected chi connectivity index (χ0v) is 12.9. The van der Waals surface area contributed by atoms with Gasteiger partial charge in [0.25, 0.3) is 0 Å². The minimum absolute atomic E-state index is 0.347. The van der Waals surface area contributed by atoms with Crippen LogP contribution in [0.1, 0.15) is 37.1 Å². The van der Waals surface area contributed by atoms with Crippen LogP contribution in [-0.2, 0) is 12.8 Å². The third kappa shape index (κ3) is 2.56. The van der Waals surface area contributed by atoms with E-state index < -0.39 is 0 Å². The fourth-order valence-electron chi connectivity index (χ4n) is 2.58. The summed E-state index contributed by atoms with van der Waals surface area (Å²) >= 11 is 7.81. The van der Waals surface area contributed by atoms with Gasteiger partial charge in [-0.2, -0.15) is 0 Å². The molecule has 2 aromatic rings. The number of aryl methyl sites for hydroxylation is 2. The van der Waals surface area contributed by atoms with Gasteiger partial charge in [0.1, 0.15) is 10.6 Å². The second-order valence-corrected chi connectivity index (χ2v) is 6.91. The van der Waals surface area contributed by atoms with Crippen LogP contribution >= 0.6 is 22.9 Å². The minimum atomic E-state index is 0.347. The van der Waals surface area contributed by atoms with Crippen LogP contribution in [0.15, 0.2) is 0 Å². The number of hydrogen-bond donors (Lipinski definition) is 1. The molecule has 0 radical (unpaired) electrons. The average Bonchev–Trinajstić information content (AvgIpc) is 2.87. The maximum atomic E-state index is 6.03. The third-order valence-electron chi connectivity index (χ3n) is 3.55. The molecule has 102 valence electrons. The summed E-state index contributed by atoms with van der Waals surface area (Å²) in [5.74, 6) is 1.61. The Hall–Kier alpha value is -0.870. The SMILES string of the molecule is CC(C)CCNc1nc(Cl)nc2sc3c(c12)CCC3. The highest BCUT2D eigenvalue weighted by molar-refractivity contribution is 7.19. The fourth-order valence-corrected chi connectivity index (χ4v) is 4.06. The quantitative estimate of drug-likeness (QED) is 0.855. The molecule has 19 heavy (non-hydrogen) atoms. The molecule has 5 heteroatoms. The first kappa shape index (κ1) is 13.1. The van der Waals surface area contributed by atoms with Crippen molar-refractivity contribution in [3.63, 3.8) is 0 Å². The van der Waals surface area contributed by atoms with E-state index in [0.29, 0.717) is 11.2 Å². The van der Waals surface area contributed by atoms with Crippen LogP contribution in [0.2, 0.25) is 5.28 Å². The Morgan fingerprint density at radius 3 is 2.95 bits per heavy atom. The summed E-state index contributed by atoms with van der Waals surface area (Å²) in [5.41, 5.74) is 1.45. The van der Waals surface area contributed by atoms with Crippen molar-refractivity contribution in [1.82, 2.24) is 9.97 Å². The molecular weight excluding hydrogens is 278 g/mol. The second kappa shape index (κ2) is 5.25. The Morgan fingerprint density at radius 2 is 2.16 bits per heavy atom. The number of halogens is 1. The molecule has 0 unspecified atom stereocenters. The van der Waals surface area contributed by atoms with Gasteiger partial charge in [0, 0.05) is 11.4 Å². The van der Waals surface area contributed by atoms with E-state index in [4.69, 9.17) is 11.6 Å². The predicted molar refractivity (Wildman–Crippen MR) is 82.4 cm³/mol. The lowest BCUT2D eigenvalue weighted by atomic mass is 10.1. The standard InChI is InChI=1S/C14H18ClN3S/c1-8(2)6-7-16-12-11-9-4-3-5-10(9)19-13(11)18-14(15)17-12/h8H,3-7H2,1-2H3,(H,16,17,18). The first-order valence-corrected chi connectivity index (χ1v) is 8.06. The first-order chi connectivity index (χ1) is 9.15. The van der Waals surface area contributed by atoms with Crippen LogP contribution < -0.4 is 5.32 Å². The molecule has 1 aliphatic carbocycles. The summed E-state index contributed by atoms with van der Waals surface area (Å²) in [5, 5.41) is 5.01. The van der Waals surface area contributed by atoms with Crippen LogP contribution in [0.5, 0.6) is 0 Å². The van der Waals surface area contributed by atoms with E-state index in [-0.39, 0.29) is 0 Å². The molecule has 0 fully saturated rings. The van der Waals surface area contributed by atoms with Gasteiger partial charge in [0.2, 0.25) is 5.28 Å². The maximum absolute atomic E-state index is 6.03. The average molecular weight is 296 g/mol. The van der Waals surface area contributed by atoms with Crippen LogP contribution in [0.4, 0.5) is 5.82 Å². The topological polar surface area (TPSA) is 37.8 Å². The van der Waals surface area contributed by atoms with E-state index in [2.05, 4.69) is 29.1 Å². The van der Waals surface area contributed by atoms with Crippen molar-refractivity contribution in [1.29, 1.82) is 0 Å². The Labute approximate surface area is 122 Å². The number of rotatable bonds is 4. The molecule has 0 aromatic carbocycles. The molecule has 3 nitrogen and oxygen atoms in total. The Balaban J connectivity index is 1.97. The van der Waals surface area contributed by atoms with Gasteiger partial charge in [-0.3, -0.25) is 0 Å². The van der Waals surface area contributed by atoms with Crippen LogP contribution in [0, 0.1) is 5.92 Å². The summed E-state index contributed by atoms with van der Waals surface area (Å²) in [7, 11) is 0. The zero-order chi connectivity index (χ0) is 13.4. The first-order valence-electron chi connectivity index (χ1n) is 6.87. The van der Waals surface area contributed by atoms with Gasteiger partial charge >= 0.3 is 0 Å². The monoisotopic (exact) mass is 295 g/mol.